The summed E-state index contributed by atoms with van der Waals surface area (Å²) in [7, 11) is 1.29. The predicted molar refractivity (Wildman–Crippen MR) is 57.1 cm³/mol. The van der Waals surface area contributed by atoms with Crippen molar-refractivity contribution in [2.45, 2.75) is 18.9 Å². The van der Waals surface area contributed by atoms with Crippen molar-refractivity contribution in [1.29, 1.82) is 0 Å². The molecule has 6 heteroatoms. The summed E-state index contributed by atoms with van der Waals surface area (Å²) in [6.07, 6.45) is 1.07. The number of amides is 1. The molecule has 0 spiro atoms. The minimum absolute atomic E-state index is 0.150. The fraction of sp³-hybridized carbons (Fsp3) is 0.818. The molecule has 0 bridgehead atoms. The number of aliphatic hydroxyl groups excluding tert-OH is 1. The van der Waals surface area contributed by atoms with Crippen LogP contribution in [0.2, 0.25) is 0 Å². The fourth-order valence-corrected chi connectivity index (χ4v) is 2.17. The van der Waals surface area contributed by atoms with Gasteiger partial charge in [-0.05, 0) is 12.8 Å². The molecule has 1 amide bonds. The van der Waals surface area contributed by atoms with Crippen LogP contribution >= 0.6 is 0 Å². The maximum absolute atomic E-state index is 12.3. The molecule has 0 radical (unpaired) electrons. The van der Waals surface area contributed by atoms with Crippen molar-refractivity contribution < 1.29 is 24.2 Å². The van der Waals surface area contributed by atoms with Crippen LogP contribution in [-0.4, -0.2) is 61.4 Å². The number of morpholine rings is 1. The van der Waals surface area contributed by atoms with Crippen LogP contribution < -0.4 is 0 Å². The molecular formula is C11H17NO5. The number of carbonyl (C=O) groups is 2. The molecule has 0 aromatic carbocycles. The average Bonchev–Trinajstić information content (AvgIpc) is 3.18. The van der Waals surface area contributed by atoms with Gasteiger partial charge in [-0.3, -0.25) is 9.59 Å². The smallest absolute Gasteiger partial charge is 0.321 e. The van der Waals surface area contributed by atoms with Gasteiger partial charge in [0, 0.05) is 6.54 Å². The lowest BCUT2D eigenvalue weighted by Crippen LogP contribution is -2.54. The third-order valence-corrected chi connectivity index (χ3v) is 3.43. The number of nitrogens with zero attached hydrogens (tertiary/aromatic N) is 1. The molecular weight excluding hydrogens is 226 g/mol. The van der Waals surface area contributed by atoms with Gasteiger partial charge in [-0.2, -0.15) is 0 Å². The summed E-state index contributed by atoms with van der Waals surface area (Å²) in [5.74, 6) is -0.697. The standard InChI is InChI=1S/C11H17NO5/c1-16-10(15)11(2-3-11)9(14)12-4-5-17-7-8(12)6-13/h8,13H,2-7H2,1H3. The first-order valence-corrected chi connectivity index (χ1v) is 5.74. The van der Waals surface area contributed by atoms with Crippen LogP contribution in [0.3, 0.4) is 0 Å². The molecule has 0 aromatic heterocycles. The van der Waals surface area contributed by atoms with Gasteiger partial charge in [-0.15, -0.1) is 0 Å². The van der Waals surface area contributed by atoms with Crippen molar-refractivity contribution in [1.82, 2.24) is 4.90 Å². The van der Waals surface area contributed by atoms with Crippen molar-refractivity contribution in [3.8, 4) is 0 Å². The Bertz CT molecular complexity index is 326. The van der Waals surface area contributed by atoms with E-state index >= 15 is 0 Å². The topological polar surface area (TPSA) is 76.1 Å². The van der Waals surface area contributed by atoms with Crippen LogP contribution in [0.15, 0.2) is 0 Å². The Labute approximate surface area is 99.5 Å². The van der Waals surface area contributed by atoms with E-state index in [9.17, 15) is 14.7 Å². The summed E-state index contributed by atoms with van der Waals surface area (Å²) >= 11 is 0. The van der Waals surface area contributed by atoms with Crippen molar-refractivity contribution in [2.24, 2.45) is 5.41 Å². The molecule has 6 nitrogen and oxygen atoms in total. The van der Waals surface area contributed by atoms with E-state index in [1.807, 2.05) is 0 Å². The highest BCUT2D eigenvalue weighted by Crippen LogP contribution is 2.48. The van der Waals surface area contributed by atoms with Crippen LogP contribution in [0.1, 0.15) is 12.8 Å². The lowest BCUT2D eigenvalue weighted by atomic mass is 10.0. The van der Waals surface area contributed by atoms with E-state index in [-0.39, 0.29) is 18.6 Å². The summed E-state index contributed by atoms with van der Waals surface area (Å²) in [5, 5.41) is 9.20. The van der Waals surface area contributed by atoms with Gasteiger partial charge in [0.2, 0.25) is 5.91 Å². The number of carbonyl (C=O) groups excluding carboxylic acids is 2. The van der Waals surface area contributed by atoms with Crippen LogP contribution in [0.25, 0.3) is 0 Å². The first-order chi connectivity index (χ1) is 8.15. The van der Waals surface area contributed by atoms with E-state index in [1.54, 1.807) is 4.90 Å². The number of ether oxygens (including phenoxy) is 2. The lowest BCUT2D eigenvalue weighted by Gasteiger charge is -2.36. The molecule has 96 valence electrons. The van der Waals surface area contributed by atoms with E-state index in [0.29, 0.717) is 32.6 Å². The van der Waals surface area contributed by atoms with Gasteiger partial charge in [0.05, 0.1) is 33.0 Å². The summed E-state index contributed by atoms with van der Waals surface area (Å²) < 4.78 is 9.88. The van der Waals surface area contributed by atoms with Gasteiger partial charge in [0.15, 0.2) is 0 Å². The monoisotopic (exact) mass is 243 g/mol. The Kier molecular flexibility index (Phi) is 3.35. The van der Waals surface area contributed by atoms with Gasteiger partial charge in [0.1, 0.15) is 5.41 Å². The molecule has 1 saturated carbocycles. The van der Waals surface area contributed by atoms with Crippen LogP contribution in [0.4, 0.5) is 0 Å². The minimum atomic E-state index is -0.987. The maximum Gasteiger partial charge on any atom is 0.321 e. The van der Waals surface area contributed by atoms with E-state index in [4.69, 9.17) is 4.74 Å². The highest BCUT2D eigenvalue weighted by atomic mass is 16.5. The number of hydrogen-bond acceptors (Lipinski definition) is 5. The van der Waals surface area contributed by atoms with E-state index < -0.39 is 11.4 Å². The number of esters is 1. The number of aliphatic hydroxyl groups is 1. The van der Waals surface area contributed by atoms with Crippen molar-refractivity contribution in [3.05, 3.63) is 0 Å². The molecule has 1 saturated heterocycles. The molecule has 1 aliphatic heterocycles. The van der Waals surface area contributed by atoms with Crippen molar-refractivity contribution in [2.75, 3.05) is 33.5 Å². The quantitative estimate of drug-likeness (QED) is 0.516. The SMILES string of the molecule is COC(=O)C1(C(=O)N2CCOCC2CO)CC1. The number of methoxy groups -OCH3 is 1. The van der Waals surface area contributed by atoms with E-state index in [2.05, 4.69) is 4.74 Å². The summed E-state index contributed by atoms with van der Waals surface area (Å²) in [6.45, 7) is 1.03. The third kappa shape index (κ3) is 2.02. The second-order valence-corrected chi connectivity index (χ2v) is 4.48. The zero-order valence-electron chi connectivity index (χ0n) is 9.85. The molecule has 2 aliphatic rings. The Morgan fingerprint density at radius 3 is 2.76 bits per heavy atom. The molecule has 1 heterocycles. The largest absolute Gasteiger partial charge is 0.468 e. The summed E-state index contributed by atoms with van der Waals surface area (Å²) in [6, 6.07) is -0.349. The molecule has 1 atom stereocenters. The second-order valence-electron chi connectivity index (χ2n) is 4.48. The number of rotatable bonds is 3. The zero-order valence-corrected chi connectivity index (χ0v) is 9.85. The van der Waals surface area contributed by atoms with Crippen LogP contribution in [0, 0.1) is 5.41 Å². The Balaban J connectivity index is 2.11. The average molecular weight is 243 g/mol. The van der Waals surface area contributed by atoms with Gasteiger partial charge in [-0.25, -0.2) is 0 Å². The van der Waals surface area contributed by atoms with Crippen LogP contribution in [0.5, 0.6) is 0 Å². The predicted octanol–water partition coefficient (Wildman–Crippen LogP) is -0.841. The zero-order chi connectivity index (χ0) is 12.5. The first-order valence-electron chi connectivity index (χ1n) is 5.74. The van der Waals surface area contributed by atoms with Crippen LogP contribution in [-0.2, 0) is 19.1 Å². The summed E-state index contributed by atoms with van der Waals surface area (Å²) in [4.78, 5) is 25.5. The molecule has 1 unspecified atom stereocenters. The molecule has 1 N–H and O–H groups in total. The van der Waals surface area contributed by atoms with Gasteiger partial charge in [-0.1, -0.05) is 0 Å². The van der Waals surface area contributed by atoms with E-state index in [0.717, 1.165) is 0 Å². The maximum atomic E-state index is 12.3. The van der Waals surface area contributed by atoms with Gasteiger partial charge >= 0.3 is 5.97 Å². The molecule has 2 rings (SSSR count). The van der Waals surface area contributed by atoms with Crippen molar-refractivity contribution >= 4 is 11.9 Å². The third-order valence-electron chi connectivity index (χ3n) is 3.43. The molecule has 0 aromatic rings. The Hall–Kier alpha value is -1.14. The van der Waals surface area contributed by atoms with Gasteiger partial charge in [0.25, 0.3) is 0 Å². The fourth-order valence-electron chi connectivity index (χ4n) is 2.17. The normalized spacial score (nSPS) is 26.5. The minimum Gasteiger partial charge on any atom is -0.468 e. The Morgan fingerprint density at radius 2 is 2.24 bits per heavy atom. The van der Waals surface area contributed by atoms with E-state index in [1.165, 1.54) is 7.11 Å². The lowest BCUT2D eigenvalue weighted by molar-refractivity contribution is -0.161. The molecule has 17 heavy (non-hydrogen) atoms. The molecule has 2 fully saturated rings. The molecule has 1 aliphatic carbocycles. The first kappa shape index (κ1) is 12.3. The summed E-state index contributed by atoms with van der Waals surface area (Å²) in [5.41, 5.74) is -0.987. The van der Waals surface area contributed by atoms with Gasteiger partial charge < -0.3 is 19.5 Å². The highest BCUT2D eigenvalue weighted by Gasteiger charge is 2.60. The number of hydrogen-bond donors (Lipinski definition) is 1. The van der Waals surface area contributed by atoms with Crippen molar-refractivity contribution in [3.63, 3.8) is 0 Å². The highest BCUT2D eigenvalue weighted by molar-refractivity contribution is 6.05. The second kappa shape index (κ2) is 4.62. The Morgan fingerprint density at radius 1 is 1.53 bits per heavy atom.